The highest BCUT2D eigenvalue weighted by molar-refractivity contribution is 5.63. The summed E-state index contributed by atoms with van der Waals surface area (Å²) in [5, 5.41) is 12.6. The summed E-state index contributed by atoms with van der Waals surface area (Å²) < 4.78 is 4.42. The Labute approximate surface area is 89.0 Å². The van der Waals surface area contributed by atoms with Crippen LogP contribution in [0, 0.1) is 21.9 Å². The summed E-state index contributed by atoms with van der Waals surface area (Å²) in [6.07, 6.45) is 0. The van der Waals surface area contributed by atoms with Gasteiger partial charge in [0.15, 0.2) is 4.60 Å². The number of benzene rings is 1. The average Bonchev–Trinajstić information content (AvgIpc) is 2.62. The smallest absolute Gasteiger partial charge is 0.358 e. The Morgan fingerprint density at radius 2 is 2.00 bits per heavy atom. The number of nitrogens with zero attached hydrogens (tertiary/aromatic N) is 2. The van der Waals surface area contributed by atoms with E-state index in [-0.39, 0.29) is 10.3 Å². The molecule has 1 aromatic heterocycles. The van der Waals surface area contributed by atoms with Crippen molar-refractivity contribution in [2.24, 2.45) is 0 Å². The van der Waals surface area contributed by atoms with Gasteiger partial charge in [-0.15, -0.1) is 0 Å². The van der Waals surface area contributed by atoms with Gasteiger partial charge in [0, 0.05) is 5.56 Å². The van der Waals surface area contributed by atoms with E-state index in [4.69, 9.17) is 0 Å². The van der Waals surface area contributed by atoms with E-state index in [2.05, 4.69) is 4.63 Å². The minimum absolute atomic E-state index is 0.0861. The quantitative estimate of drug-likeness (QED) is 0.613. The van der Waals surface area contributed by atoms with Gasteiger partial charge in [0.25, 0.3) is 0 Å². The molecule has 2 aromatic rings. The number of aromatic amines is 1. The third-order valence-corrected chi connectivity index (χ3v) is 2.14. The van der Waals surface area contributed by atoms with Crippen LogP contribution < -0.4 is 4.60 Å². The maximum Gasteiger partial charge on any atom is 0.415 e. The summed E-state index contributed by atoms with van der Waals surface area (Å²) in [5.41, 5.74) is 1.29. The van der Waals surface area contributed by atoms with Crippen molar-refractivity contribution in [2.75, 3.05) is 0 Å². The molecular weight excluding hydrogens is 214 g/mol. The Kier molecular flexibility index (Phi) is 2.28. The van der Waals surface area contributed by atoms with Crippen LogP contribution in [0.2, 0.25) is 0 Å². The zero-order valence-corrected chi connectivity index (χ0v) is 8.34. The fraction of sp³-hybridized carbons (Fsp3) is 0.111. The monoisotopic (exact) mass is 222 g/mol. The average molecular weight is 222 g/mol. The van der Waals surface area contributed by atoms with Crippen molar-refractivity contribution in [1.82, 2.24) is 5.16 Å². The van der Waals surface area contributed by atoms with Gasteiger partial charge in [-0.05, 0) is 34.0 Å². The predicted octanol–water partition coefficient (Wildman–Crippen LogP) is 1.41. The van der Waals surface area contributed by atoms with Crippen LogP contribution >= 0.6 is 0 Å². The first-order valence-electron chi connectivity index (χ1n) is 4.45. The molecule has 0 bridgehead atoms. The Balaban J connectivity index is 2.63. The van der Waals surface area contributed by atoms with Crippen molar-refractivity contribution in [2.45, 2.75) is 6.92 Å². The molecule has 0 fully saturated rings. The summed E-state index contributed by atoms with van der Waals surface area (Å²) in [7, 11) is 0. The Morgan fingerprint density at radius 3 is 2.56 bits per heavy atom. The molecule has 16 heavy (non-hydrogen) atoms. The van der Waals surface area contributed by atoms with Crippen LogP contribution in [0.5, 0.6) is 0 Å². The third kappa shape index (κ3) is 1.58. The molecule has 0 saturated heterocycles. The van der Waals surface area contributed by atoms with Crippen molar-refractivity contribution in [3.8, 4) is 11.3 Å². The lowest BCUT2D eigenvalue weighted by atomic mass is 10.1. The molecule has 0 saturated carbocycles. The molecule has 0 radical (unpaired) electrons. The largest absolute Gasteiger partial charge is 0.415 e. The minimum Gasteiger partial charge on any atom is -0.358 e. The number of hydrogen-bond donors (Lipinski definition) is 1. The Bertz CT molecular complexity index is 582. The lowest BCUT2D eigenvalue weighted by molar-refractivity contribution is -0.704. The number of rotatable bonds is 2. The number of nitrogens with one attached hydrogen (secondary N) is 1. The standard InChI is InChI=1S/C9H8N3O4/c1-6-2-4-7(5-3-6)8-9(11(13)14)10-16-12(8)15/h2-5,10H,1H3/q+1. The first-order valence-corrected chi connectivity index (χ1v) is 4.45. The fourth-order valence-corrected chi connectivity index (χ4v) is 1.34. The Morgan fingerprint density at radius 1 is 1.38 bits per heavy atom. The van der Waals surface area contributed by atoms with Crippen LogP contribution in [0.25, 0.3) is 11.3 Å². The molecule has 0 atom stereocenters. The second kappa shape index (κ2) is 3.61. The number of aromatic nitrogens is 2. The molecule has 1 heterocycles. The van der Waals surface area contributed by atoms with Gasteiger partial charge >= 0.3 is 11.5 Å². The second-order valence-electron chi connectivity index (χ2n) is 3.27. The number of aryl methyl sites for hydroxylation is 1. The molecule has 0 unspecified atom stereocenters. The maximum atomic E-state index is 11.2. The van der Waals surface area contributed by atoms with E-state index in [1.807, 2.05) is 12.1 Å². The molecule has 0 amide bonds. The van der Waals surface area contributed by atoms with Gasteiger partial charge in [0.05, 0.1) is 0 Å². The van der Waals surface area contributed by atoms with Crippen LogP contribution in [0.15, 0.2) is 28.9 Å². The Hall–Kier alpha value is -2.44. The zero-order valence-electron chi connectivity index (χ0n) is 8.34. The van der Waals surface area contributed by atoms with Crippen molar-refractivity contribution < 1.29 is 14.2 Å². The molecule has 82 valence electrons. The summed E-state index contributed by atoms with van der Waals surface area (Å²) in [5.74, 6) is -0.459. The highest BCUT2D eigenvalue weighted by atomic mass is 16.7. The van der Waals surface area contributed by atoms with E-state index in [0.29, 0.717) is 5.56 Å². The maximum absolute atomic E-state index is 11.2. The van der Waals surface area contributed by atoms with E-state index < -0.39 is 10.7 Å². The molecule has 1 N–H and O–H groups in total. The van der Waals surface area contributed by atoms with Gasteiger partial charge in [0.1, 0.15) is 0 Å². The molecule has 0 aliphatic rings. The SMILES string of the molecule is Cc1ccc(-c2c([N+](=O)[O-])[nH]o[n+]2=O)cc1. The number of H-pyrrole nitrogens is 1. The van der Waals surface area contributed by atoms with Crippen LogP contribution in [0.1, 0.15) is 5.56 Å². The molecule has 2 rings (SSSR count). The molecule has 1 aromatic carbocycles. The topological polar surface area (TPSA) is 95.0 Å². The summed E-state index contributed by atoms with van der Waals surface area (Å²) in [6, 6.07) is 6.75. The summed E-state index contributed by atoms with van der Waals surface area (Å²) >= 11 is 0. The van der Waals surface area contributed by atoms with Crippen LogP contribution in [-0.2, 0) is 0 Å². The molecule has 7 nitrogen and oxygen atoms in total. The van der Waals surface area contributed by atoms with Crippen LogP contribution in [0.3, 0.4) is 0 Å². The van der Waals surface area contributed by atoms with Crippen molar-refractivity contribution in [3.63, 3.8) is 0 Å². The summed E-state index contributed by atoms with van der Waals surface area (Å²) in [6.45, 7) is 1.88. The molecule has 0 aliphatic carbocycles. The second-order valence-corrected chi connectivity index (χ2v) is 3.27. The first kappa shape index (κ1) is 10.1. The molecule has 0 aliphatic heterocycles. The number of nitro groups is 1. The third-order valence-electron chi connectivity index (χ3n) is 2.14. The van der Waals surface area contributed by atoms with Gasteiger partial charge in [-0.25, -0.2) is 0 Å². The minimum atomic E-state index is -0.701. The zero-order chi connectivity index (χ0) is 11.7. The highest BCUT2D eigenvalue weighted by Crippen LogP contribution is 2.23. The van der Waals surface area contributed by atoms with E-state index in [1.165, 1.54) is 0 Å². The van der Waals surface area contributed by atoms with Crippen molar-refractivity contribution >= 4 is 5.82 Å². The van der Waals surface area contributed by atoms with Gasteiger partial charge in [0.2, 0.25) is 0 Å². The lowest BCUT2D eigenvalue weighted by Gasteiger charge is -1.94. The van der Waals surface area contributed by atoms with Crippen molar-refractivity contribution in [3.05, 3.63) is 44.9 Å². The van der Waals surface area contributed by atoms with E-state index >= 15 is 0 Å². The molecular formula is C9H8N3O4+. The van der Waals surface area contributed by atoms with Crippen LogP contribution in [-0.4, -0.2) is 10.1 Å². The first-order chi connectivity index (χ1) is 7.59. The van der Waals surface area contributed by atoms with Crippen molar-refractivity contribution in [1.29, 1.82) is 0 Å². The highest BCUT2D eigenvalue weighted by Gasteiger charge is 2.27. The van der Waals surface area contributed by atoms with Crippen LogP contribution in [0.4, 0.5) is 5.82 Å². The lowest BCUT2D eigenvalue weighted by Crippen LogP contribution is -2.12. The number of hydrogen-bond acceptors (Lipinski definition) is 4. The van der Waals surface area contributed by atoms with E-state index in [0.717, 1.165) is 5.56 Å². The van der Waals surface area contributed by atoms with E-state index in [9.17, 15) is 15.0 Å². The normalized spacial score (nSPS) is 10.3. The fourth-order valence-electron chi connectivity index (χ4n) is 1.34. The molecule has 0 spiro atoms. The molecule has 7 heteroatoms. The van der Waals surface area contributed by atoms with Gasteiger partial charge in [-0.2, -0.15) is 0 Å². The van der Waals surface area contributed by atoms with Gasteiger partial charge < -0.3 is 10.1 Å². The van der Waals surface area contributed by atoms with Gasteiger partial charge in [-0.1, -0.05) is 22.3 Å². The van der Waals surface area contributed by atoms with E-state index in [1.54, 1.807) is 24.3 Å². The summed E-state index contributed by atoms with van der Waals surface area (Å²) in [4.78, 5) is 21.2. The predicted molar refractivity (Wildman–Crippen MR) is 53.3 cm³/mol. The van der Waals surface area contributed by atoms with Gasteiger partial charge in [-0.3, -0.25) is 0 Å².